The summed E-state index contributed by atoms with van der Waals surface area (Å²) in [6.07, 6.45) is 2.42. The molecule has 6 heteroatoms. The summed E-state index contributed by atoms with van der Waals surface area (Å²) < 4.78 is 6.19. The zero-order valence-corrected chi connectivity index (χ0v) is 12.8. The third-order valence-electron chi connectivity index (χ3n) is 3.11. The van der Waals surface area contributed by atoms with Crippen LogP contribution in [0.1, 0.15) is 30.7 Å². The fraction of sp³-hybridized carbons (Fsp3) is 0.286. The number of nitro groups is 1. The van der Waals surface area contributed by atoms with Crippen molar-refractivity contribution in [2.24, 2.45) is 0 Å². The van der Waals surface area contributed by atoms with Crippen LogP contribution in [0.5, 0.6) is 0 Å². The van der Waals surface area contributed by atoms with Gasteiger partial charge in [-0.1, -0.05) is 6.92 Å². The highest BCUT2D eigenvalue weighted by Crippen LogP contribution is 2.33. The van der Waals surface area contributed by atoms with Gasteiger partial charge in [0.15, 0.2) is 0 Å². The van der Waals surface area contributed by atoms with Gasteiger partial charge >= 0.3 is 0 Å². The highest BCUT2D eigenvalue weighted by Gasteiger charge is 2.18. The number of nitrogens with zero attached hydrogens (tertiary/aromatic N) is 1. The first kappa shape index (κ1) is 14.6. The van der Waals surface area contributed by atoms with Crippen molar-refractivity contribution in [1.29, 1.82) is 0 Å². The second kappa shape index (κ2) is 6.09. The molecule has 20 heavy (non-hydrogen) atoms. The molecular formula is C14H15BrN2O3. The SMILES string of the molecule is CCC(Nc1cc([N+](=O)[O-])c(C)cc1Br)c1ccco1. The molecule has 0 radical (unpaired) electrons. The minimum atomic E-state index is -0.374. The highest BCUT2D eigenvalue weighted by atomic mass is 79.9. The zero-order chi connectivity index (χ0) is 14.7. The van der Waals surface area contributed by atoms with E-state index in [1.807, 2.05) is 19.1 Å². The number of nitrogens with one attached hydrogen (secondary N) is 1. The number of rotatable bonds is 5. The average molecular weight is 339 g/mol. The third kappa shape index (κ3) is 3.01. The molecule has 1 aromatic heterocycles. The van der Waals surface area contributed by atoms with E-state index in [4.69, 9.17) is 4.42 Å². The summed E-state index contributed by atoms with van der Waals surface area (Å²) >= 11 is 3.44. The normalized spacial score (nSPS) is 12.2. The molecule has 1 N–H and O–H groups in total. The minimum Gasteiger partial charge on any atom is -0.467 e. The fourth-order valence-corrected chi connectivity index (χ4v) is 2.59. The Bertz CT molecular complexity index is 611. The molecule has 2 aromatic rings. The lowest BCUT2D eigenvalue weighted by molar-refractivity contribution is -0.385. The van der Waals surface area contributed by atoms with E-state index >= 15 is 0 Å². The Kier molecular flexibility index (Phi) is 4.44. The van der Waals surface area contributed by atoms with Crippen LogP contribution in [0.25, 0.3) is 0 Å². The summed E-state index contributed by atoms with van der Waals surface area (Å²) in [4.78, 5) is 10.6. The molecular weight excluding hydrogens is 324 g/mol. The Morgan fingerprint density at radius 2 is 2.25 bits per heavy atom. The Morgan fingerprint density at radius 1 is 1.50 bits per heavy atom. The van der Waals surface area contributed by atoms with E-state index in [1.165, 1.54) is 0 Å². The maximum atomic E-state index is 11.0. The summed E-state index contributed by atoms with van der Waals surface area (Å²) in [5.74, 6) is 0.808. The lowest BCUT2D eigenvalue weighted by Crippen LogP contribution is -2.09. The van der Waals surface area contributed by atoms with Gasteiger partial charge in [-0.3, -0.25) is 10.1 Å². The monoisotopic (exact) mass is 338 g/mol. The zero-order valence-electron chi connectivity index (χ0n) is 11.2. The second-order valence-electron chi connectivity index (χ2n) is 4.50. The Balaban J connectivity index is 2.33. The van der Waals surface area contributed by atoms with Crippen LogP contribution in [0, 0.1) is 17.0 Å². The van der Waals surface area contributed by atoms with Gasteiger partial charge in [0, 0.05) is 16.1 Å². The van der Waals surface area contributed by atoms with Crippen molar-refractivity contribution in [3.8, 4) is 0 Å². The summed E-state index contributed by atoms with van der Waals surface area (Å²) in [6.45, 7) is 3.74. The molecule has 0 saturated heterocycles. The number of furan rings is 1. The molecule has 0 spiro atoms. The predicted octanol–water partition coefficient (Wildman–Crippen LogP) is 4.82. The molecule has 0 aliphatic rings. The number of hydrogen-bond donors (Lipinski definition) is 1. The Morgan fingerprint density at radius 3 is 2.80 bits per heavy atom. The number of aryl methyl sites for hydroxylation is 1. The van der Waals surface area contributed by atoms with Crippen molar-refractivity contribution in [1.82, 2.24) is 0 Å². The summed E-state index contributed by atoms with van der Waals surface area (Å²) in [5.41, 5.74) is 1.41. The third-order valence-corrected chi connectivity index (χ3v) is 3.76. The number of anilines is 1. The molecule has 1 atom stereocenters. The van der Waals surface area contributed by atoms with Crippen molar-refractivity contribution in [3.63, 3.8) is 0 Å². The van der Waals surface area contributed by atoms with Crippen LogP contribution in [-0.2, 0) is 0 Å². The lowest BCUT2D eigenvalue weighted by atomic mass is 10.1. The summed E-state index contributed by atoms with van der Waals surface area (Å²) in [5, 5.41) is 14.3. The van der Waals surface area contributed by atoms with Crippen LogP contribution in [0.2, 0.25) is 0 Å². The van der Waals surface area contributed by atoms with Gasteiger partial charge in [0.05, 0.1) is 22.9 Å². The second-order valence-corrected chi connectivity index (χ2v) is 5.35. The van der Waals surface area contributed by atoms with Gasteiger partial charge in [0.25, 0.3) is 5.69 Å². The number of halogens is 1. The quantitative estimate of drug-likeness (QED) is 0.626. The molecule has 1 unspecified atom stereocenters. The van der Waals surface area contributed by atoms with E-state index in [9.17, 15) is 10.1 Å². The minimum absolute atomic E-state index is 0.0244. The molecule has 1 aromatic carbocycles. The molecule has 0 aliphatic carbocycles. The average Bonchev–Trinajstić information content (AvgIpc) is 2.91. The van der Waals surface area contributed by atoms with E-state index in [-0.39, 0.29) is 16.7 Å². The fourth-order valence-electron chi connectivity index (χ4n) is 2.02. The Hall–Kier alpha value is -1.82. The van der Waals surface area contributed by atoms with Crippen LogP contribution in [0.3, 0.4) is 0 Å². The van der Waals surface area contributed by atoms with Gasteiger partial charge in [-0.05, 0) is 47.5 Å². The van der Waals surface area contributed by atoms with Crippen molar-refractivity contribution < 1.29 is 9.34 Å². The maximum absolute atomic E-state index is 11.0. The van der Waals surface area contributed by atoms with Crippen molar-refractivity contribution in [2.75, 3.05) is 5.32 Å². The maximum Gasteiger partial charge on any atom is 0.274 e. The molecule has 0 aliphatic heterocycles. The highest BCUT2D eigenvalue weighted by molar-refractivity contribution is 9.10. The van der Waals surface area contributed by atoms with Gasteiger partial charge < -0.3 is 9.73 Å². The molecule has 0 amide bonds. The van der Waals surface area contributed by atoms with Crippen molar-refractivity contribution in [3.05, 3.63) is 56.4 Å². The number of hydrogen-bond acceptors (Lipinski definition) is 4. The van der Waals surface area contributed by atoms with Gasteiger partial charge in [0.1, 0.15) is 5.76 Å². The van der Waals surface area contributed by atoms with E-state index < -0.39 is 0 Å². The predicted molar refractivity (Wildman–Crippen MR) is 80.9 cm³/mol. The summed E-state index contributed by atoms with van der Waals surface area (Å²) in [7, 11) is 0. The molecule has 2 rings (SSSR count). The van der Waals surface area contributed by atoms with E-state index in [0.29, 0.717) is 11.3 Å². The van der Waals surface area contributed by atoms with Crippen molar-refractivity contribution >= 4 is 27.3 Å². The molecule has 0 saturated carbocycles. The summed E-state index contributed by atoms with van der Waals surface area (Å²) in [6, 6.07) is 6.98. The van der Waals surface area contributed by atoms with E-state index in [2.05, 4.69) is 21.2 Å². The van der Waals surface area contributed by atoms with Gasteiger partial charge in [-0.25, -0.2) is 0 Å². The molecule has 0 bridgehead atoms. The van der Waals surface area contributed by atoms with Crippen LogP contribution in [-0.4, -0.2) is 4.92 Å². The first-order valence-corrected chi connectivity index (χ1v) is 7.06. The topological polar surface area (TPSA) is 68.3 Å². The largest absolute Gasteiger partial charge is 0.467 e. The van der Waals surface area contributed by atoms with Gasteiger partial charge in [0.2, 0.25) is 0 Å². The molecule has 5 nitrogen and oxygen atoms in total. The molecule has 0 fully saturated rings. The Labute approximate surface area is 125 Å². The van der Waals surface area contributed by atoms with Gasteiger partial charge in [-0.2, -0.15) is 0 Å². The van der Waals surface area contributed by atoms with Crippen LogP contribution < -0.4 is 5.32 Å². The van der Waals surface area contributed by atoms with E-state index in [0.717, 1.165) is 16.7 Å². The van der Waals surface area contributed by atoms with Crippen molar-refractivity contribution in [2.45, 2.75) is 26.3 Å². The first-order valence-electron chi connectivity index (χ1n) is 6.27. The van der Waals surface area contributed by atoms with Crippen LogP contribution in [0.15, 0.2) is 39.4 Å². The molecule has 106 valence electrons. The van der Waals surface area contributed by atoms with E-state index in [1.54, 1.807) is 25.3 Å². The number of nitro benzene ring substituents is 1. The van der Waals surface area contributed by atoms with Gasteiger partial charge in [-0.15, -0.1) is 0 Å². The smallest absolute Gasteiger partial charge is 0.274 e. The van der Waals surface area contributed by atoms with Crippen LogP contribution >= 0.6 is 15.9 Å². The lowest BCUT2D eigenvalue weighted by Gasteiger charge is -2.17. The standard InChI is InChI=1S/C14H15BrN2O3/c1-3-11(14-5-4-6-20-14)16-12-8-13(17(18)19)9(2)7-10(12)15/h4-8,11,16H,3H2,1-2H3. The number of benzene rings is 1. The molecule has 1 heterocycles. The van der Waals surface area contributed by atoms with Crippen LogP contribution in [0.4, 0.5) is 11.4 Å². The first-order chi connectivity index (χ1) is 9.52.